The van der Waals surface area contributed by atoms with Crippen molar-refractivity contribution in [1.82, 2.24) is 14.6 Å². The number of rotatable bonds is 5. The lowest BCUT2D eigenvalue weighted by Crippen LogP contribution is -2.24. The van der Waals surface area contributed by atoms with Crippen LogP contribution in [-0.2, 0) is 12.8 Å². The molecule has 4 heteroatoms. The Labute approximate surface area is 175 Å². The molecule has 1 aromatic carbocycles. The van der Waals surface area contributed by atoms with Crippen molar-refractivity contribution in [3.63, 3.8) is 0 Å². The molecule has 29 heavy (non-hydrogen) atoms. The minimum absolute atomic E-state index is 0.961. The molecule has 3 aromatic rings. The molecule has 1 aliphatic heterocycles. The molecular weight excluding hydrogens is 356 g/mol. The normalized spacial score (nSPS) is 14.3. The van der Waals surface area contributed by atoms with Crippen molar-refractivity contribution in [2.45, 2.75) is 79.6 Å². The molecule has 0 amide bonds. The first-order valence-electron chi connectivity index (χ1n) is 11.2. The van der Waals surface area contributed by atoms with E-state index in [9.17, 15) is 0 Å². The second kappa shape index (κ2) is 8.17. The van der Waals surface area contributed by atoms with Gasteiger partial charge in [-0.2, -0.15) is 9.61 Å². The number of fused-ring (bicyclic) bond motifs is 3. The standard InChI is InChI=1S/C25H34N4/c1-6-7-8-11-21-15-17(2)14-18(3)24(21)28-13-10-9-12-22-20(5)26-23-16-19(4)27-29(23)25(22)28/h14-16H,6-13H2,1-5H3. The average molecular weight is 391 g/mol. The van der Waals surface area contributed by atoms with Crippen LogP contribution in [0.3, 0.4) is 0 Å². The quantitative estimate of drug-likeness (QED) is 0.488. The highest BCUT2D eigenvalue weighted by Gasteiger charge is 2.26. The summed E-state index contributed by atoms with van der Waals surface area (Å²) in [4.78, 5) is 7.43. The highest BCUT2D eigenvalue weighted by atomic mass is 15.4. The summed E-state index contributed by atoms with van der Waals surface area (Å²) in [6.07, 6.45) is 8.40. The molecule has 4 rings (SSSR count). The van der Waals surface area contributed by atoms with Gasteiger partial charge in [0.25, 0.3) is 0 Å². The molecule has 3 heterocycles. The number of nitrogens with zero attached hydrogens (tertiary/aromatic N) is 4. The number of aromatic nitrogens is 3. The first-order valence-corrected chi connectivity index (χ1v) is 11.2. The molecule has 0 aliphatic carbocycles. The predicted octanol–water partition coefficient (Wildman–Crippen LogP) is 6.17. The minimum atomic E-state index is 0.961. The Morgan fingerprint density at radius 2 is 1.83 bits per heavy atom. The van der Waals surface area contributed by atoms with E-state index in [1.54, 1.807) is 0 Å². The summed E-state index contributed by atoms with van der Waals surface area (Å²) in [7, 11) is 0. The van der Waals surface area contributed by atoms with Crippen LogP contribution >= 0.6 is 0 Å². The van der Waals surface area contributed by atoms with E-state index < -0.39 is 0 Å². The van der Waals surface area contributed by atoms with Gasteiger partial charge in [0.05, 0.1) is 5.69 Å². The van der Waals surface area contributed by atoms with Gasteiger partial charge >= 0.3 is 0 Å². The molecule has 0 fully saturated rings. The monoisotopic (exact) mass is 390 g/mol. The van der Waals surface area contributed by atoms with Crippen molar-refractivity contribution in [2.75, 3.05) is 11.4 Å². The van der Waals surface area contributed by atoms with Crippen molar-refractivity contribution >= 4 is 17.2 Å². The van der Waals surface area contributed by atoms with Gasteiger partial charge in [0, 0.05) is 29.6 Å². The third-order valence-electron chi connectivity index (χ3n) is 6.16. The van der Waals surface area contributed by atoms with Crippen LogP contribution in [-0.4, -0.2) is 21.1 Å². The summed E-state index contributed by atoms with van der Waals surface area (Å²) < 4.78 is 2.10. The van der Waals surface area contributed by atoms with Gasteiger partial charge in [0.2, 0.25) is 0 Å². The molecule has 0 N–H and O–H groups in total. The minimum Gasteiger partial charge on any atom is -0.325 e. The summed E-state index contributed by atoms with van der Waals surface area (Å²) in [5.74, 6) is 1.24. The fourth-order valence-corrected chi connectivity index (χ4v) is 4.91. The molecule has 0 atom stereocenters. The summed E-state index contributed by atoms with van der Waals surface area (Å²) in [6, 6.07) is 6.84. The van der Waals surface area contributed by atoms with Gasteiger partial charge in [0.1, 0.15) is 5.82 Å². The average Bonchev–Trinajstić information content (AvgIpc) is 2.89. The van der Waals surface area contributed by atoms with E-state index in [1.165, 1.54) is 65.9 Å². The molecule has 4 nitrogen and oxygen atoms in total. The van der Waals surface area contributed by atoms with E-state index in [0.29, 0.717) is 0 Å². The second-order valence-corrected chi connectivity index (χ2v) is 8.71. The number of aryl methyl sites for hydroxylation is 5. The highest BCUT2D eigenvalue weighted by Crippen LogP contribution is 2.38. The van der Waals surface area contributed by atoms with Crippen LogP contribution in [0.1, 0.15) is 72.7 Å². The zero-order valence-corrected chi connectivity index (χ0v) is 18.7. The molecule has 2 aromatic heterocycles. The van der Waals surface area contributed by atoms with Crippen LogP contribution in [0.25, 0.3) is 5.65 Å². The first-order chi connectivity index (χ1) is 14.0. The van der Waals surface area contributed by atoms with Crippen molar-refractivity contribution in [3.05, 3.63) is 51.8 Å². The van der Waals surface area contributed by atoms with Gasteiger partial charge in [-0.15, -0.1) is 0 Å². The summed E-state index contributed by atoms with van der Waals surface area (Å²) >= 11 is 0. The van der Waals surface area contributed by atoms with Gasteiger partial charge in [0.15, 0.2) is 5.65 Å². The van der Waals surface area contributed by atoms with E-state index in [0.717, 1.165) is 36.4 Å². The van der Waals surface area contributed by atoms with Gasteiger partial charge in [-0.25, -0.2) is 4.98 Å². The SMILES string of the molecule is CCCCCc1cc(C)cc(C)c1N1CCCCc2c(C)nc3cc(C)nn3c21. The summed E-state index contributed by atoms with van der Waals surface area (Å²) in [5.41, 5.74) is 10.1. The number of anilines is 2. The number of hydrogen-bond acceptors (Lipinski definition) is 3. The Morgan fingerprint density at radius 3 is 2.62 bits per heavy atom. The van der Waals surface area contributed by atoms with Gasteiger partial charge < -0.3 is 4.90 Å². The fraction of sp³-hybridized carbons (Fsp3) is 0.520. The van der Waals surface area contributed by atoms with Crippen LogP contribution in [0.2, 0.25) is 0 Å². The molecule has 0 bridgehead atoms. The Hall–Kier alpha value is -2.36. The molecule has 1 aliphatic rings. The third-order valence-corrected chi connectivity index (χ3v) is 6.16. The maximum Gasteiger partial charge on any atom is 0.157 e. The lowest BCUT2D eigenvalue weighted by Gasteiger charge is -2.30. The molecule has 154 valence electrons. The zero-order valence-electron chi connectivity index (χ0n) is 18.7. The molecular formula is C25H34N4. The lowest BCUT2D eigenvalue weighted by molar-refractivity contribution is 0.712. The van der Waals surface area contributed by atoms with Gasteiger partial charge in [-0.1, -0.05) is 37.5 Å². The molecule has 0 saturated heterocycles. The van der Waals surface area contributed by atoms with Crippen molar-refractivity contribution in [3.8, 4) is 0 Å². The Kier molecular flexibility index (Phi) is 5.62. The molecule has 0 saturated carbocycles. The Morgan fingerprint density at radius 1 is 1.00 bits per heavy atom. The topological polar surface area (TPSA) is 33.4 Å². The zero-order chi connectivity index (χ0) is 20.5. The van der Waals surface area contributed by atoms with E-state index in [4.69, 9.17) is 10.1 Å². The smallest absolute Gasteiger partial charge is 0.157 e. The number of unbranched alkanes of at least 4 members (excludes halogenated alkanes) is 2. The largest absolute Gasteiger partial charge is 0.325 e. The molecule has 0 spiro atoms. The summed E-state index contributed by atoms with van der Waals surface area (Å²) in [6.45, 7) is 12.0. The first kappa shape index (κ1) is 19.9. The number of hydrogen-bond donors (Lipinski definition) is 0. The van der Waals surface area contributed by atoms with Crippen molar-refractivity contribution < 1.29 is 0 Å². The van der Waals surface area contributed by atoms with E-state index in [2.05, 4.69) is 62.2 Å². The van der Waals surface area contributed by atoms with Gasteiger partial charge in [-0.3, -0.25) is 0 Å². The van der Waals surface area contributed by atoms with Crippen LogP contribution in [0, 0.1) is 27.7 Å². The highest BCUT2D eigenvalue weighted by molar-refractivity contribution is 5.73. The second-order valence-electron chi connectivity index (χ2n) is 8.71. The summed E-state index contributed by atoms with van der Waals surface area (Å²) in [5, 5.41) is 4.85. The van der Waals surface area contributed by atoms with Crippen molar-refractivity contribution in [1.29, 1.82) is 0 Å². The Bertz CT molecular complexity index is 1030. The van der Waals surface area contributed by atoms with Crippen LogP contribution in [0.15, 0.2) is 18.2 Å². The van der Waals surface area contributed by atoms with Crippen LogP contribution in [0.5, 0.6) is 0 Å². The molecule has 0 radical (unpaired) electrons. The number of benzene rings is 1. The Balaban J connectivity index is 1.93. The van der Waals surface area contributed by atoms with E-state index in [-0.39, 0.29) is 0 Å². The van der Waals surface area contributed by atoms with Crippen LogP contribution < -0.4 is 4.90 Å². The maximum atomic E-state index is 4.87. The predicted molar refractivity (Wildman–Crippen MR) is 122 cm³/mol. The lowest BCUT2D eigenvalue weighted by atomic mass is 9.98. The van der Waals surface area contributed by atoms with Crippen LogP contribution in [0.4, 0.5) is 11.5 Å². The van der Waals surface area contributed by atoms with E-state index >= 15 is 0 Å². The molecule has 0 unspecified atom stereocenters. The van der Waals surface area contributed by atoms with Gasteiger partial charge in [-0.05, 0) is 70.9 Å². The van der Waals surface area contributed by atoms with E-state index in [1.807, 2.05) is 0 Å². The fourth-order valence-electron chi connectivity index (χ4n) is 4.91. The third kappa shape index (κ3) is 3.77. The maximum absolute atomic E-state index is 4.87. The van der Waals surface area contributed by atoms with Crippen molar-refractivity contribution in [2.24, 2.45) is 0 Å².